The molecule has 0 saturated heterocycles. The zero-order chi connectivity index (χ0) is 17.5. The van der Waals surface area contributed by atoms with E-state index < -0.39 is 23.7 Å². The Morgan fingerprint density at radius 3 is 2.50 bits per heavy atom. The van der Waals surface area contributed by atoms with Crippen LogP contribution in [0.1, 0.15) is 23.1 Å². The van der Waals surface area contributed by atoms with E-state index in [0.717, 1.165) is 12.1 Å². The fraction of sp³-hybridized carbons (Fsp3) is 0.125. The highest BCUT2D eigenvalue weighted by atomic mass is 35.5. The number of aliphatic hydroxyl groups excluding tert-OH is 1. The van der Waals surface area contributed by atoms with Gasteiger partial charge in [-0.15, -0.1) is 0 Å². The van der Waals surface area contributed by atoms with Crippen molar-refractivity contribution in [3.05, 3.63) is 64.6 Å². The summed E-state index contributed by atoms with van der Waals surface area (Å²) in [5, 5.41) is 20.6. The van der Waals surface area contributed by atoms with E-state index in [0.29, 0.717) is 0 Å². The van der Waals surface area contributed by atoms with Crippen LogP contribution in [-0.4, -0.2) is 20.2 Å². The fourth-order valence-electron chi connectivity index (χ4n) is 2.37. The first kappa shape index (κ1) is 16.5. The maximum Gasteiger partial charge on any atom is 0.433 e. The van der Waals surface area contributed by atoms with Crippen molar-refractivity contribution in [3.8, 4) is 5.75 Å². The summed E-state index contributed by atoms with van der Waals surface area (Å²) in [4.78, 5) is 7.41. The lowest BCUT2D eigenvalue weighted by molar-refractivity contribution is -0.141. The highest BCUT2D eigenvalue weighted by molar-refractivity contribution is 6.31. The molecule has 124 valence electrons. The van der Waals surface area contributed by atoms with E-state index in [4.69, 9.17) is 11.6 Å². The van der Waals surface area contributed by atoms with Crippen LogP contribution in [0.3, 0.4) is 0 Å². The first-order valence-electron chi connectivity index (χ1n) is 6.76. The molecule has 24 heavy (non-hydrogen) atoms. The number of fused-ring (bicyclic) bond motifs is 1. The molecule has 3 rings (SSSR count). The standard InChI is InChI=1S/C16H10ClF3N2O2/c17-8-5-9-10(15(24)11-3-1-2-4-21-11)7-13(16(18,19)20)22-14(9)12(23)6-8/h1-7,15,23-24H. The molecule has 2 heterocycles. The average molecular weight is 355 g/mol. The first-order chi connectivity index (χ1) is 11.3. The van der Waals surface area contributed by atoms with Crippen LogP contribution in [0.15, 0.2) is 42.6 Å². The second kappa shape index (κ2) is 5.92. The number of phenolic OH excluding ortho intramolecular Hbond substituents is 1. The Kier molecular flexibility index (Phi) is 4.06. The molecule has 0 fully saturated rings. The highest BCUT2D eigenvalue weighted by Gasteiger charge is 2.34. The van der Waals surface area contributed by atoms with E-state index in [9.17, 15) is 23.4 Å². The Bertz CT molecular complexity index is 901. The molecule has 8 heteroatoms. The average Bonchev–Trinajstić information content (AvgIpc) is 2.53. The van der Waals surface area contributed by atoms with Gasteiger partial charge in [-0.05, 0) is 29.8 Å². The van der Waals surface area contributed by atoms with Crippen molar-refractivity contribution in [2.45, 2.75) is 12.3 Å². The lowest BCUT2D eigenvalue weighted by Gasteiger charge is -2.16. The van der Waals surface area contributed by atoms with Crippen molar-refractivity contribution >= 4 is 22.5 Å². The van der Waals surface area contributed by atoms with Gasteiger partial charge in [0, 0.05) is 22.7 Å². The third-order valence-electron chi connectivity index (χ3n) is 3.44. The summed E-state index contributed by atoms with van der Waals surface area (Å²) >= 11 is 5.87. The topological polar surface area (TPSA) is 66.2 Å². The molecule has 0 spiro atoms. The van der Waals surface area contributed by atoms with Crippen molar-refractivity contribution < 1.29 is 23.4 Å². The number of phenols is 1. The van der Waals surface area contributed by atoms with Gasteiger partial charge in [0.15, 0.2) is 0 Å². The normalized spacial score (nSPS) is 13.2. The predicted molar refractivity (Wildman–Crippen MR) is 81.7 cm³/mol. The predicted octanol–water partition coefficient (Wildman–Crippen LogP) is 4.09. The zero-order valence-corrected chi connectivity index (χ0v) is 12.7. The molecular formula is C16H10ClF3N2O2. The summed E-state index contributed by atoms with van der Waals surface area (Å²) in [6.45, 7) is 0. The third kappa shape index (κ3) is 3.00. The monoisotopic (exact) mass is 354 g/mol. The fourth-order valence-corrected chi connectivity index (χ4v) is 2.58. The van der Waals surface area contributed by atoms with Gasteiger partial charge in [0.2, 0.25) is 0 Å². The lowest BCUT2D eigenvalue weighted by Crippen LogP contribution is -2.11. The summed E-state index contributed by atoms with van der Waals surface area (Å²) in [6, 6.07) is 7.86. The van der Waals surface area contributed by atoms with E-state index in [1.807, 2.05) is 0 Å². The number of alkyl halides is 3. The molecule has 4 nitrogen and oxygen atoms in total. The number of aliphatic hydroxyl groups is 1. The van der Waals surface area contributed by atoms with Gasteiger partial charge < -0.3 is 10.2 Å². The van der Waals surface area contributed by atoms with E-state index >= 15 is 0 Å². The molecule has 0 aliphatic rings. The number of pyridine rings is 2. The summed E-state index contributed by atoms with van der Waals surface area (Å²) in [6.07, 6.45) is -4.76. The number of aromatic nitrogens is 2. The van der Waals surface area contributed by atoms with Gasteiger partial charge in [-0.1, -0.05) is 17.7 Å². The number of rotatable bonds is 2. The van der Waals surface area contributed by atoms with Crippen LogP contribution < -0.4 is 0 Å². The third-order valence-corrected chi connectivity index (χ3v) is 3.66. The molecule has 0 saturated carbocycles. The number of nitrogens with zero attached hydrogens (tertiary/aromatic N) is 2. The van der Waals surface area contributed by atoms with Crippen molar-refractivity contribution in [3.63, 3.8) is 0 Å². The lowest BCUT2D eigenvalue weighted by atomic mass is 9.99. The van der Waals surface area contributed by atoms with Crippen LogP contribution >= 0.6 is 11.6 Å². The zero-order valence-electron chi connectivity index (χ0n) is 11.9. The van der Waals surface area contributed by atoms with Gasteiger partial charge in [0.05, 0.1) is 5.69 Å². The number of halogens is 4. The molecule has 1 unspecified atom stereocenters. The largest absolute Gasteiger partial charge is 0.506 e. The Balaban J connectivity index is 2.32. The number of hydrogen-bond donors (Lipinski definition) is 2. The molecule has 2 N–H and O–H groups in total. The SMILES string of the molecule is Oc1cc(Cl)cc2c(C(O)c3ccccn3)cc(C(F)(F)F)nc12. The first-order valence-corrected chi connectivity index (χ1v) is 7.14. The number of benzene rings is 1. The Morgan fingerprint density at radius 2 is 1.88 bits per heavy atom. The molecule has 0 radical (unpaired) electrons. The Labute approximate surface area is 139 Å². The second-order valence-corrected chi connectivity index (χ2v) is 5.51. The molecule has 1 atom stereocenters. The molecular weight excluding hydrogens is 345 g/mol. The molecule has 0 aliphatic heterocycles. The van der Waals surface area contributed by atoms with Crippen LogP contribution in [0.2, 0.25) is 5.02 Å². The number of hydrogen-bond acceptors (Lipinski definition) is 4. The molecule has 0 amide bonds. The summed E-state index contributed by atoms with van der Waals surface area (Å²) in [7, 11) is 0. The minimum absolute atomic E-state index is 0.0937. The molecule has 0 bridgehead atoms. The molecule has 3 aromatic rings. The summed E-state index contributed by atoms with van der Waals surface area (Å²) in [5.41, 5.74) is -1.45. The molecule has 1 aromatic carbocycles. The van der Waals surface area contributed by atoms with Gasteiger partial charge in [0.1, 0.15) is 23.1 Å². The van der Waals surface area contributed by atoms with Crippen LogP contribution in [0, 0.1) is 0 Å². The maximum absolute atomic E-state index is 13.1. The minimum atomic E-state index is -4.74. The van der Waals surface area contributed by atoms with Crippen LogP contribution in [0.5, 0.6) is 5.75 Å². The van der Waals surface area contributed by atoms with Crippen LogP contribution in [0.4, 0.5) is 13.2 Å². The van der Waals surface area contributed by atoms with Crippen molar-refractivity contribution in [2.24, 2.45) is 0 Å². The highest BCUT2D eigenvalue weighted by Crippen LogP contribution is 2.38. The molecule has 2 aromatic heterocycles. The van der Waals surface area contributed by atoms with Crippen molar-refractivity contribution in [1.82, 2.24) is 9.97 Å². The smallest absolute Gasteiger partial charge is 0.433 e. The quantitative estimate of drug-likeness (QED) is 0.727. The second-order valence-electron chi connectivity index (χ2n) is 5.07. The summed E-state index contributed by atoms with van der Waals surface area (Å²) < 4.78 is 39.3. The summed E-state index contributed by atoms with van der Waals surface area (Å²) in [5.74, 6) is -0.502. The number of aromatic hydroxyl groups is 1. The van der Waals surface area contributed by atoms with Crippen molar-refractivity contribution in [2.75, 3.05) is 0 Å². The van der Waals surface area contributed by atoms with Crippen LogP contribution in [0.25, 0.3) is 10.9 Å². The van der Waals surface area contributed by atoms with Gasteiger partial charge in [-0.2, -0.15) is 13.2 Å². The van der Waals surface area contributed by atoms with Gasteiger partial charge in [0.25, 0.3) is 0 Å². The van der Waals surface area contributed by atoms with Gasteiger partial charge >= 0.3 is 6.18 Å². The van der Waals surface area contributed by atoms with Crippen LogP contribution in [-0.2, 0) is 6.18 Å². The Morgan fingerprint density at radius 1 is 1.12 bits per heavy atom. The minimum Gasteiger partial charge on any atom is -0.506 e. The van der Waals surface area contributed by atoms with Gasteiger partial charge in [-0.3, -0.25) is 4.98 Å². The maximum atomic E-state index is 13.1. The Hall–Kier alpha value is -2.38. The van der Waals surface area contributed by atoms with E-state index in [1.165, 1.54) is 18.3 Å². The van der Waals surface area contributed by atoms with E-state index in [-0.39, 0.29) is 27.2 Å². The van der Waals surface area contributed by atoms with E-state index in [1.54, 1.807) is 12.1 Å². The molecule has 0 aliphatic carbocycles. The van der Waals surface area contributed by atoms with E-state index in [2.05, 4.69) is 9.97 Å². The van der Waals surface area contributed by atoms with Crippen molar-refractivity contribution in [1.29, 1.82) is 0 Å². The van der Waals surface area contributed by atoms with Gasteiger partial charge in [-0.25, -0.2) is 4.98 Å².